The monoisotopic (exact) mass is 242 g/mol. The number of aryl methyl sites for hydroxylation is 3. The Balaban J connectivity index is 1.85. The lowest BCUT2D eigenvalue weighted by Crippen LogP contribution is -2.05. The van der Waals surface area contributed by atoms with Gasteiger partial charge in [0.2, 0.25) is 0 Å². The van der Waals surface area contributed by atoms with Crippen LogP contribution in [-0.2, 0) is 24.7 Å². The Bertz CT molecular complexity index is 543. The molecule has 94 valence electrons. The summed E-state index contributed by atoms with van der Waals surface area (Å²) >= 11 is 0. The molecule has 0 bridgehead atoms. The minimum atomic E-state index is 0.246. The maximum atomic E-state index is 11.8. The van der Waals surface area contributed by atoms with Crippen molar-refractivity contribution in [2.45, 2.75) is 26.2 Å². The fourth-order valence-electron chi connectivity index (χ4n) is 2.00. The highest BCUT2D eigenvalue weighted by molar-refractivity contribution is 5.80. The molecule has 1 aromatic heterocycles. The molecular formula is C15H18N2O. The molecule has 3 heteroatoms. The molecule has 0 saturated heterocycles. The van der Waals surface area contributed by atoms with Crippen LogP contribution in [0.3, 0.4) is 0 Å². The van der Waals surface area contributed by atoms with E-state index in [1.165, 1.54) is 11.1 Å². The van der Waals surface area contributed by atoms with Crippen molar-refractivity contribution >= 4 is 5.78 Å². The van der Waals surface area contributed by atoms with Crippen LogP contribution in [0.15, 0.2) is 36.5 Å². The first-order valence-electron chi connectivity index (χ1n) is 6.19. The normalized spacial score (nSPS) is 10.6. The molecule has 0 atom stereocenters. The summed E-state index contributed by atoms with van der Waals surface area (Å²) in [4.78, 5) is 11.8. The maximum absolute atomic E-state index is 11.8. The van der Waals surface area contributed by atoms with Gasteiger partial charge in [-0.3, -0.25) is 9.48 Å². The van der Waals surface area contributed by atoms with Crippen LogP contribution in [0.4, 0.5) is 0 Å². The Morgan fingerprint density at radius 1 is 1.33 bits per heavy atom. The van der Waals surface area contributed by atoms with Crippen molar-refractivity contribution in [3.05, 3.63) is 53.3 Å². The summed E-state index contributed by atoms with van der Waals surface area (Å²) in [5.74, 6) is 0.246. The van der Waals surface area contributed by atoms with Crippen LogP contribution >= 0.6 is 0 Å². The Morgan fingerprint density at radius 3 is 2.83 bits per heavy atom. The van der Waals surface area contributed by atoms with E-state index in [-0.39, 0.29) is 5.78 Å². The molecule has 18 heavy (non-hydrogen) atoms. The van der Waals surface area contributed by atoms with Crippen molar-refractivity contribution in [1.29, 1.82) is 0 Å². The van der Waals surface area contributed by atoms with Gasteiger partial charge in [0.15, 0.2) is 0 Å². The molecule has 1 heterocycles. The van der Waals surface area contributed by atoms with Crippen molar-refractivity contribution in [2.24, 2.45) is 7.05 Å². The highest BCUT2D eigenvalue weighted by Gasteiger charge is 2.06. The molecule has 2 rings (SSSR count). The molecule has 0 spiro atoms. The van der Waals surface area contributed by atoms with Gasteiger partial charge in [0, 0.05) is 19.7 Å². The van der Waals surface area contributed by atoms with Gasteiger partial charge in [0.1, 0.15) is 5.78 Å². The molecule has 0 fully saturated rings. The van der Waals surface area contributed by atoms with Gasteiger partial charge in [-0.25, -0.2) is 0 Å². The summed E-state index contributed by atoms with van der Waals surface area (Å²) in [6.07, 6.45) is 3.70. The average molecular weight is 242 g/mol. The fourth-order valence-corrected chi connectivity index (χ4v) is 2.00. The third kappa shape index (κ3) is 3.55. The Hall–Kier alpha value is -1.90. The Labute approximate surface area is 107 Å². The van der Waals surface area contributed by atoms with Crippen LogP contribution in [0.1, 0.15) is 23.2 Å². The molecule has 0 N–H and O–H groups in total. The second-order valence-electron chi connectivity index (χ2n) is 4.69. The van der Waals surface area contributed by atoms with E-state index >= 15 is 0 Å². The highest BCUT2D eigenvalue weighted by Crippen LogP contribution is 2.08. The average Bonchev–Trinajstić information content (AvgIpc) is 2.72. The largest absolute Gasteiger partial charge is 0.299 e. The summed E-state index contributed by atoms with van der Waals surface area (Å²) in [5.41, 5.74) is 3.32. The van der Waals surface area contributed by atoms with Crippen LogP contribution < -0.4 is 0 Å². The number of rotatable bonds is 5. The lowest BCUT2D eigenvalue weighted by atomic mass is 10.0. The van der Waals surface area contributed by atoms with Gasteiger partial charge < -0.3 is 0 Å². The van der Waals surface area contributed by atoms with Crippen LogP contribution in [0.2, 0.25) is 0 Å². The molecule has 0 amide bonds. The van der Waals surface area contributed by atoms with Crippen molar-refractivity contribution in [1.82, 2.24) is 9.78 Å². The number of nitrogens with zero attached hydrogens (tertiary/aromatic N) is 2. The molecule has 0 saturated carbocycles. The van der Waals surface area contributed by atoms with E-state index < -0.39 is 0 Å². The standard InChI is InChI=1S/C15H18N2O/c1-12-4-3-5-13(10-12)6-7-15(18)11-14-8-9-17(2)16-14/h3-5,8-10H,6-7,11H2,1-2H3. The van der Waals surface area contributed by atoms with Crippen molar-refractivity contribution in [3.63, 3.8) is 0 Å². The van der Waals surface area contributed by atoms with Crippen LogP contribution in [-0.4, -0.2) is 15.6 Å². The van der Waals surface area contributed by atoms with Crippen LogP contribution in [0.25, 0.3) is 0 Å². The number of carbonyl (C=O) groups excluding carboxylic acids is 1. The third-order valence-electron chi connectivity index (χ3n) is 2.92. The first kappa shape index (κ1) is 12.6. The second kappa shape index (κ2) is 5.63. The number of carbonyl (C=O) groups is 1. The van der Waals surface area contributed by atoms with E-state index in [9.17, 15) is 4.79 Å². The van der Waals surface area contributed by atoms with E-state index in [1.54, 1.807) is 4.68 Å². The number of benzene rings is 1. The smallest absolute Gasteiger partial charge is 0.139 e. The first-order chi connectivity index (χ1) is 8.63. The van der Waals surface area contributed by atoms with Crippen molar-refractivity contribution < 1.29 is 4.79 Å². The van der Waals surface area contributed by atoms with Gasteiger partial charge in [0.05, 0.1) is 12.1 Å². The second-order valence-corrected chi connectivity index (χ2v) is 4.69. The Kier molecular flexibility index (Phi) is 3.92. The summed E-state index contributed by atoms with van der Waals surface area (Å²) < 4.78 is 1.73. The fraction of sp³-hybridized carbons (Fsp3) is 0.333. The predicted octanol–water partition coefficient (Wildman–Crippen LogP) is 2.47. The molecule has 0 aliphatic rings. The number of aromatic nitrogens is 2. The van der Waals surface area contributed by atoms with Crippen molar-refractivity contribution in [2.75, 3.05) is 0 Å². The zero-order valence-corrected chi connectivity index (χ0v) is 10.9. The minimum Gasteiger partial charge on any atom is -0.299 e. The van der Waals surface area contributed by atoms with Gasteiger partial charge in [-0.2, -0.15) is 5.10 Å². The molecule has 1 aromatic carbocycles. The van der Waals surface area contributed by atoms with E-state index in [0.717, 1.165) is 12.1 Å². The first-order valence-corrected chi connectivity index (χ1v) is 6.19. The van der Waals surface area contributed by atoms with Gasteiger partial charge in [0.25, 0.3) is 0 Å². The lowest BCUT2D eigenvalue weighted by Gasteiger charge is -2.01. The molecule has 0 unspecified atom stereocenters. The lowest BCUT2D eigenvalue weighted by molar-refractivity contribution is -0.118. The highest BCUT2D eigenvalue weighted by atomic mass is 16.1. The quantitative estimate of drug-likeness (QED) is 0.807. The van der Waals surface area contributed by atoms with Gasteiger partial charge >= 0.3 is 0 Å². The zero-order valence-electron chi connectivity index (χ0n) is 10.9. The topological polar surface area (TPSA) is 34.9 Å². The maximum Gasteiger partial charge on any atom is 0.139 e. The van der Waals surface area contributed by atoms with Crippen molar-refractivity contribution in [3.8, 4) is 0 Å². The van der Waals surface area contributed by atoms with E-state index in [4.69, 9.17) is 0 Å². The predicted molar refractivity (Wildman–Crippen MR) is 71.4 cm³/mol. The molecule has 3 nitrogen and oxygen atoms in total. The van der Waals surface area contributed by atoms with E-state index in [2.05, 4.69) is 30.2 Å². The van der Waals surface area contributed by atoms with Crippen LogP contribution in [0.5, 0.6) is 0 Å². The molecule has 2 aromatic rings. The summed E-state index contributed by atoms with van der Waals surface area (Å²) in [7, 11) is 1.86. The summed E-state index contributed by atoms with van der Waals surface area (Å²) in [5, 5.41) is 4.22. The van der Waals surface area contributed by atoms with Gasteiger partial charge in [-0.1, -0.05) is 29.8 Å². The Morgan fingerprint density at radius 2 is 2.17 bits per heavy atom. The van der Waals surface area contributed by atoms with E-state index in [1.807, 2.05) is 25.4 Å². The zero-order chi connectivity index (χ0) is 13.0. The molecular weight excluding hydrogens is 224 g/mol. The number of ketones is 1. The summed E-state index contributed by atoms with van der Waals surface area (Å²) in [6.45, 7) is 2.07. The number of Topliss-reactive ketones (excluding diaryl/α,β-unsaturated/α-hetero) is 1. The number of hydrogen-bond donors (Lipinski definition) is 0. The SMILES string of the molecule is Cc1cccc(CCC(=O)Cc2ccn(C)n2)c1. The van der Waals surface area contributed by atoms with Crippen LogP contribution in [0, 0.1) is 6.92 Å². The number of hydrogen-bond acceptors (Lipinski definition) is 2. The molecule has 0 aliphatic heterocycles. The molecule has 0 aliphatic carbocycles. The third-order valence-corrected chi connectivity index (χ3v) is 2.92. The minimum absolute atomic E-state index is 0.246. The molecule has 0 radical (unpaired) electrons. The summed E-state index contributed by atoms with van der Waals surface area (Å²) in [6, 6.07) is 10.2. The van der Waals surface area contributed by atoms with Gasteiger partial charge in [-0.15, -0.1) is 0 Å². The van der Waals surface area contributed by atoms with Gasteiger partial charge in [-0.05, 0) is 25.0 Å². The van der Waals surface area contributed by atoms with E-state index in [0.29, 0.717) is 12.8 Å².